The fourth-order valence-electron chi connectivity index (χ4n) is 2.70. The van der Waals surface area contributed by atoms with Crippen molar-refractivity contribution in [3.8, 4) is 0 Å². The van der Waals surface area contributed by atoms with Crippen LogP contribution in [0, 0.1) is 0 Å². The minimum atomic E-state index is 0.746. The van der Waals surface area contributed by atoms with Crippen molar-refractivity contribution < 1.29 is 0 Å². The molecule has 1 aliphatic heterocycles. The quantitative estimate of drug-likeness (QED) is 0.860. The highest BCUT2D eigenvalue weighted by molar-refractivity contribution is 7.99. The summed E-state index contributed by atoms with van der Waals surface area (Å²) in [6, 6.07) is 2.15. The van der Waals surface area contributed by atoms with E-state index < -0.39 is 0 Å². The summed E-state index contributed by atoms with van der Waals surface area (Å²) >= 11 is 3.79. The Hall–Kier alpha value is -0.810. The van der Waals surface area contributed by atoms with Crippen molar-refractivity contribution in [2.45, 2.75) is 31.4 Å². The van der Waals surface area contributed by atoms with E-state index in [1.807, 2.05) is 0 Å². The molecule has 3 nitrogen and oxygen atoms in total. The Kier molecular flexibility index (Phi) is 4.23. The van der Waals surface area contributed by atoms with E-state index in [1.165, 1.54) is 30.4 Å². The van der Waals surface area contributed by atoms with Crippen molar-refractivity contribution in [3.63, 3.8) is 0 Å². The number of anilines is 1. The first-order valence-electron chi connectivity index (χ1n) is 6.93. The largest absolute Gasteiger partial charge is 0.355 e. The Morgan fingerprint density at radius 3 is 3.26 bits per heavy atom. The number of thiophene rings is 1. The van der Waals surface area contributed by atoms with E-state index in [9.17, 15) is 0 Å². The number of fused-ring (bicyclic) bond motifs is 1. The lowest BCUT2D eigenvalue weighted by Gasteiger charge is -2.25. The third-order valence-corrected chi connectivity index (χ3v) is 5.58. The van der Waals surface area contributed by atoms with Crippen LogP contribution in [-0.2, 0) is 0 Å². The molecule has 0 bridgehead atoms. The van der Waals surface area contributed by atoms with Crippen LogP contribution in [0.5, 0.6) is 0 Å². The van der Waals surface area contributed by atoms with Gasteiger partial charge in [0.25, 0.3) is 0 Å². The average molecular weight is 293 g/mol. The zero-order chi connectivity index (χ0) is 13.1. The second kappa shape index (κ2) is 6.09. The average Bonchev–Trinajstić information content (AvgIpc) is 2.79. The molecule has 0 spiro atoms. The molecule has 1 fully saturated rings. The molecular formula is C14H19N3S2. The molecule has 0 radical (unpaired) electrons. The van der Waals surface area contributed by atoms with E-state index in [1.54, 1.807) is 17.7 Å². The lowest BCUT2D eigenvalue weighted by atomic mass is 10.2. The van der Waals surface area contributed by atoms with Crippen molar-refractivity contribution >= 4 is 39.1 Å². The van der Waals surface area contributed by atoms with Crippen molar-refractivity contribution in [1.82, 2.24) is 9.97 Å². The molecule has 0 amide bonds. The summed E-state index contributed by atoms with van der Waals surface area (Å²) in [6.45, 7) is 4.50. The molecule has 1 unspecified atom stereocenters. The first kappa shape index (κ1) is 13.2. The van der Waals surface area contributed by atoms with Crippen LogP contribution in [0.3, 0.4) is 0 Å². The van der Waals surface area contributed by atoms with Crippen molar-refractivity contribution in [2.24, 2.45) is 0 Å². The zero-order valence-electron chi connectivity index (χ0n) is 11.2. The van der Waals surface area contributed by atoms with Crippen molar-refractivity contribution in [2.75, 3.05) is 23.7 Å². The van der Waals surface area contributed by atoms with Gasteiger partial charge in [0.05, 0.1) is 5.39 Å². The molecule has 19 heavy (non-hydrogen) atoms. The molecule has 102 valence electrons. The second-order valence-corrected chi connectivity index (χ2v) is 7.33. The standard InChI is InChI=1S/C14H19N3S2/c1-2-18-11-5-3-4-7-17(9-11)13-12-6-8-19-14(12)16-10-15-13/h6,8,10-11H,2-5,7,9H2,1H3. The first-order chi connectivity index (χ1) is 9.38. The molecular weight excluding hydrogens is 274 g/mol. The summed E-state index contributed by atoms with van der Waals surface area (Å²) in [5.74, 6) is 2.34. The molecule has 5 heteroatoms. The van der Waals surface area contributed by atoms with Gasteiger partial charge in [-0.3, -0.25) is 0 Å². The van der Waals surface area contributed by atoms with Crippen LogP contribution in [0.15, 0.2) is 17.8 Å². The molecule has 1 saturated heterocycles. The van der Waals surface area contributed by atoms with Crippen LogP contribution in [0.2, 0.25) is 0 Å². The van der Waals surface area contributed by atoms with E-state index in [4.69, 9.17) is 0 Å². The van der Waals surface area contributed by atoms with Crippen LogP contribution in [0.25, 0.3) is 10.2 Å². The van der Waals surface area contributed by atoms with E-state index in [-0.39, 0.29) is 0 Å². The first-order valence-corrected chi connectivity index (χ1v) is 8.86. The summed E-state index contributed by atoms with van der Waals surface area (Å²) in [4.78, 5) is 12.5. The summed E-state index contributed by atoms with van der Waals surface area (Å²) < 4.78 is 0. The molecule has 2 aromatic heterocycles. The van der Waals surface area contributed by atoms with E-state index in [2.05, 4.69) is 45.0 Å². The fraction of sp³-hybridized carbons (Fsp3) is 0.571. The summed E-state index contributed by atoms with van der Waals surface area (Å²) in [6.07, 6.45) is 5.66. The molecule has 2 aromatic rings. The highest BCUT2D eigenvalue weighted by Crippen LogP contribution is 2.30. The Balaban J connectivity index is 1.89. The van der Waals surface area contributed by atoms with Gasteiger partial charge in [0.1, 0.15) is 17.0 Å². The lowest BCUT2D eigenvalue weighted by molar-refractivity contribution is 0.735. The lowest BCUT2D eigenvalue weighted by Crippen LogP contribution is -2.30. The van der Waals surface area contributed by atoms with Gasteiger partial charge in [0, 0.05) is 18.3 Å². The summed E-state index contributed by atoms with van der Waals surface area (Å²) in [7, 11) is 0. The topological polar surface area (TPSA) is 29.0 Å². The second-order valence-electron chi connectivity index (χ2n) is 4.86. The van der Waals surface area contributed by atoms with Gasteiger partial charge in [0.15, 0.2) is 0 Å². The third-order valence-electron chi connectivity index (χ3n) is 3.57. The van der Waals surface area contributed by atoms with Crippen LogP contribution in [0.1, 0.15) is 26.2 Å². The Bertz CT molecular complexity index is 540. The van der Waals surface area contributed by atoms with Crippen LogP contribution < -0.4 is 4.90 Å². The number of thioether (sulfide) groups is 1. The summed E-state index contributed by atoms with van der Waals surface area (Å²) in [5.41, 5.74) is 0. The van der Waals surface area contributed by atoms with Crippen LogP contribution in [0.4, 0.5) is 5.82 Å². The van der Waals surface area contributed by atoms with Gasteiger partial charge in [-0.2, -0.15) is 11.8 Å². The smallest absolute Gasteiger partial charge is 0.140 e. The van der Waals surface area contributed by atoms with Gasteiger partial charge in [-0.1, -0.05) is 13.3 Å². The van der Waals surface area contributed by atoms with Gasteiger partial charge >= 0.3 is 0 Å². The van der Waals surface area contributed by atoms with Crippen molar-refractivity contribution in [3.05, 3.63) is 17.8 Å². The molecule has 1 aliphatic rings. The van der Waals surface area contributed by atoms with E-state index in [0.29, 0.717) is 0 Å². The monoisotopic (exact) mass is 293 g/mol. The number of hydrogen-bond donors (Lipinski definition) is 0. The van der Waals surface area contributed by atoms with E-state index in [0.717, 1.165) is 29.0 Å². The Labute approximate surface area is 122 Å². The highest BCUT2D eigenvalue weighted by atomic mass is 32.2. The number of aromatic nitrogens is 2. The Morgan fingerprint density at radius 2 is 2.37 bits per heavy atom. The maximum atomic E-state index is 4.55. The Morgan fingerprint density at radius 1 is 1.42 bits per heavy atom. The number of nitrogens with zero attached hydrogens (tertiary/aromatic N) is 3. The molecule has 0 N–H and O–H groups in total. The third kappa shape index (κ3) is 2.87. The molecule has 0 aromatic carbocycles. The highest BCUT2D eigenvalue weighted by Gasteiger charge is 2.20. The van der Waals surface area contributed by atoms with Crippen LogP contribution >= 0.6 is 23.1 Å². The predicted octanol–water partition coefficient (Wildman–Crippen LogP) is 3.80. The maximum Gasteiger partial charge on any atom is 0.140 e. The van der Waals surface area contributed by atoms with Crippen molar-refractivity contribution in [1.29, 1.82) is 0 Å². The zero-order valence-corrected chi connectivity index (χ0v) is 12.8. The SMILES string of the molecule is CCSC1CCCCN(c2ncnc3sccc23)C1. The van der Waals surface area contributed by atoms with Crippen LogP contribution in [-0.4, -0.2) is 34.1 Å². The summed E-state index contributed by atoms with van der Waals surface area (Å²) in [5, 5.41) is 4.07. The minimum Gasteiger partial charge on any atom is -0.355 e. The molecule has 1 atom stereocenters. The molecule has 3 heterocycles. The number of rotatable bonds is 3. The van der Waals surface area contributed by atoms with Gasteiger partial charge in [-0.05, 0) is 30.0 Å². The minimum absolute atomic E-state index is 0.746. The fourth-order valence-corrected chi connectivity index (χ4v) is 4.51. The van der Waals surface area contributed by atoms with E-state index >= 15 is 0 Å². The van der Waals surface area contributed by atoms with Gasteiger partial charge in [-0.25, -0.2) is 9.97 Å². The molecule has 3 rings (SSSR count). The van der Waals surface area contributed by atoms with Gasteiger partial charge in [0.2, 0.25) is 0 Å². The predicted molar refractivity (Wildman–Crippen MR) is 85.4 cm³/mol. The normalized spacial score (nSPS) is 20.7. The maximum absolute atomic E-state index is 4.55. The molecule has 0 saturated carbocycles. The number of hydrogen-bond acceptors (Lipinski definition) is 5. The van der Waals surface area contributed by atoms with Gasteiger partial charge in [-0.15, -0.1) is 11.3 Å². The molecule has 0 aliphatic carbocycles. The van der Waals surface area contributed by atoms with Gasteiger partial charge < -0.3 is 4.90 Å².